The van der Waals surface area contributed by atoms with Crippen LogP contribution in [-0.2, 0) is 10.1 Å². The van der Waals surface area contributed by atoms with Crippen LogP contribution in [0.4, 0.5) is 5.69 Å². The van der Waals surface area contributed by atoms with Crippen LogP contribution in [0.15, 0.2) is 48.5 Å². The summed E-state index contributed by atoms with van der Waals surface area (Å²) in [6.45, 7) is 6.98. The zero-order valence-electron chi connectivity index (χ0n) is 25.6. The minimum absolute atomic E-state index is 0.0952. The summed E-state index contributed by atoms with van der Waals surface area (Å²) in [7, 11) is -2.28. The van der Waals surface area contributed by atoms with Gasteiger partial charge in [-0.25, -0.2) is 9.78 Å². The highest BCUT2D eigenvalue weighted by atomic mass is 32.2. The number of aliphatic hydroxyl groups is 1. The first-order valence-corrected chi connectivity index (χ1v) is 15.1. The third kappa shape index (κ3) is 10.4. The van der Waals surface area contributed by atoms with Gasteiger partial charge < -0.3 is 31.3 Å². The number of hydrogen-bond acceptors (Lipinski definition) is 9. The number of carboxylic acids is 1. The third-order valence-electron chi connectivity index (χ3n) is 6.41. The molecule has 8 N–H and O–H groups in total. The van der Waals surface area contributed by atoms with Gasteiger partial charge in [0.2, 0.25) is 5.88 Å². The van der Waals surface area contributed by atoms with Crippen molar-refractivity contribution in [1.82, 2.24) is 10.3 Å². The highest BCUT2D eigenvalue weighted by Crippen LogP contribution is 2.32. The van der Waals surface area contributed by atoms with Crippen LogP contribution in [0.3, 0.4) is 0 Å². The van der Waals surface area contributed by atoms with Crippen molar-refractivity contribution < 1.29 is 42.3 Å². The number of methoxy groups -OCH3 is 1. The molecule has 2 amide bonds. The molecule has 0 aliphatic rings. The fourth-order valence-electron chi connectivity index (χ4n) is 3.99. The number of nitrogens with two attached hydrogens (primary N) is 1. The highest BCUT2D eigenvalue weighted by molar-refractivity contribution is 7.85. The standard InChI is InChI=1S/C29H33N5O6.CH4O3S/c1-15-12-20(21(28(38)39)13-19(15)26(36)33-22(14-35)29(2,3)4)18-10-11-23(40-5)34-24(18)27(37)32-17-8-6-16(7-9-17)25(30)31;1-5(2,3)4/h6-13,22,35H,14H2,1-5H3,(H3,30,31)(H,32,37)(H,33,36)(H,38,39);1H3,(H,2,3,4). The predicted octanol–water partition coefficient (Wildman–Crippen LogP) is 2.94. The molecule has 0 saturated carbocycles. The van der Waals surface area contributed by atoms with E-state index in [0.717, 1.165) is 0 Å². The number of rotatable bonds is 9. The molecule has 2 aromatic carbocycles. The van der Waals surface area contributed by atoms with Gasteiger partial charge in [-0.3, -0.25) is 19.6 Å². The number of ether oxygens (including phenoxy) is 1. The molecule has 0 fully saturated rings. The molecule has 1 atom stereocenters. The Morgan fingerprint density at radius 3 is 2.07 bits per heavy atom. The molecule has 0 radical (unpaired) electrons. The molecule has 0 aliphatic carbocycles. The molecular formula is C30H37N5O9S. The minimum atomic E-state index is -3.67. The second-order valence-corrected chi connectivity index (χ2v) is 12.5. The van der Waals surface area contributed by atoms with E-state index in [1.807, 2.05) is 20.8 Å². The second-order valence-electron chi connectivity index (χ2n) is 11.0. The summed E-state index contributed by atoms with van der Waals surface area (Å²) < 4.78 is 31.1. The molecule has 15 heteroatoms. The number of aryl methyl sites for hydroxylation is 1. The Balaban J connectivity index is 0.00000130. The van der Waals surface area contributed by atoms with Crippen LogP contribution in [0.2, 0.25) is 0 Å². The number of amidine groups is 1. The van der Waals surface area contributed by atoms with Crippen molar-refractivity contribution >= 4 is 39.4 Å². The molecule has 0 spiro atoms. The van der Waals surface area contributed by atoms with E-state index in [1.165, 1.54) is 31.4 Å². The van der Waals surface area contributed by atoms with E-state index in [1.54, 1.807) is 31.2 Å². The number of benzene rings is 2. The fourth-order valence-corrected chi connectivity index (χ4v) is 3.99. The van der Waals surface area contributed by atoms with Crippen molar-refractivity contribution in [3.05, 3.63) is 76.5 Å². The molecule has 3 rings (SSSR count). The molecule has 242 valence electrons. The molecule has 1 heterocycles. The summed E-state index contributed by atoms with van der Waals surface area (Å²) in [5.41, 5.74) is 6.63. The molecule has 1 aromatic heterocycles. The van der Waals surface area contributed by atoms with E-state index in [9.17, 15) is 33.0 Å². The number of aromatic nitrogens is 1. The lowest BCUT2D eigenvalue weighted by molar-refractivity contribution is 0.0697. The van der Waals surface area contributed by atoms with Crippen LogP contribution in [0.5, 0.6) is 5.88 Å². The summed E-state index contributed by atoms with van der Waals surface area (Å²) in [6.07, 6.45) is 0.715. The first-order valence-electron chi connectivity index (χ1n) is 13.3. The van der Waals surface area contributed by atoms with Crippen LogP contribution < -0.4 is 21.1 Å². The Bertz CT molecular complexity index is 1690. The minimum Gasteiger partial charge on any atom is -0.481 e. The zero-order chi connectivity index (χ0) is 34.3. The van der Waals surface area contributed by atoms with Gasteiger partial charge in [-0.2, -0.15) is 8.42 Å². The Labute approximate surface area is 260 Å². The van der Waals surface area contributed by atoms with Gasteiger partial charge in [-0.1, -0.05) is 20.8 Å². The number of nitrogens with one attached hydrogen (secondary N) is 3. The molecule has 0 saturated heterocycles. The van der Waals surface area contributed by atoms with Crippen LogP contribution in [0, 0.1) is 17.7 Å². The summed E-state index contributed by atoms with van der Waals surface area (Å²) in [5, 5.41) is 32.8. The van der Waals surface area contributed by atoms with Crippen molar-refractivity contribution in [3.8, 4) is 17.0 Å². The lowest BCUT2D eigenvalue weighted by Gasteiger charge is -2.30. The van der Waals surface area contributed by atoms with Gasteiger partial charge in [0.05, 0.1) is 31.6 Å². The number of amides is 2. The second kappa shape index (κ2) is 14.7. The van der Waals surface area contributed by atoms with E-state index in [2.05, 4.69) is 15.6 Å². The first-order chi connectivity index (χ1) is 20.8. The number of hydrogen-bond donors (Lipinski definition) is 7. The van der Waals surface area contributed by atoms with Gasteiger partial charge in [0.15, 0.2) is 0 Å². The topological polar surface area (TPSA) is 242 Å². The Morgan fingerprint density at radius 2 is 1.60 bits per heavy atom. The lowest BCUT2D eigenvalue weighted by Crippen LogP contribution is -2.46. The van der Waals surface area contributed by atoms with Crippen molar-refractivity contribution in [2.75, 3.05) is 25.3 Å². The van der Waals surface area contributed by atoms with Crippen molar-refractivity contribution in [2.24, 2.45) is 11.1 Å². The molecular weight excluding hydrogens is 606 g/mol. The Morgan fingerprint density at radius 1 is 1.02 bits per heavy atom. The van der Waals surface area contributed by atoms with Crippen LogP contribution in [0.25, 0.3) is 11.1 Å². The van der Waals surface area contributed by atoms with E-state index >= 15 is 0 Å². The quantitative estimate of drug-likeness (QED) is 0.102. The highest BCUT2D eigenvalue weighted by Gasteiger charge is 2.28. The van der Waals surface area contributed by atoms with Gasteiger partial charge in [-0.05, 0) is 65.9 Å². The zero-order valence-corrected chi connectivity index (χ0v) is 26.4. The van der Waals surface area contributed by atoms with Gasteiger partial charge in [0.1, 0.15) is 11.5 Å². The maximum absolute atomic E-state index is 13.4. The Kier molecular flexibility index (Phi) is 11.9. The summed E-state index contributed by atoms with van der Waals surface area (Å²) >= 11 is 0. The van der Waals surface area contributed by atoms with Crippen LogP contribution in [-0.4, -0.2) is 77.8 Å². The normalized spacial score (nSPS) is 11.8. The maximum Gasteiger partial charge on any atom is 0.336 e. The van der Waals surface area contributed by atoms with Crippen molar-refractivity contribution in [2.45, 2.75) is 33.7 Å². The van der Waals surface area contributed by atoms with Gasteiger partial charge in [-0.15, -0.1) is 0 Å². The van der Waals surface area contributed by atoms with Crippen LogP contribution >= 0.6 is 0 Å². The number of aromatic carboxylic acids is 1. The number of pyridine rings is 1. The molecule has 45 heavy (non-hydrogen) atoms. The Hall–Kier alpha value is -4.86. The lowest BCUT2D eigenvalue weighted by atomic mass is 9.86. The number of carbonyl (C=O) groups is 3. The molecule has 0 bridgehead atoms. The average Bonchev–Trinajstić information content (AvgIpc) is 2.93. The molecule has 1 unspecified atom stereocenters. The first kappa shape index (κ1) is 36.3. The van der Waals surface area contributed by atoms with E-state index in [0.29, 0.717) is 23.1 Å². The predicted molar refractivity (Wildman–Crippen MR) is 169 cm³/mol. The monoisotopic (exact) mass is 643 g/mol. The van der Waals surface area contributed by atoms with Gasteiger partial charge in [0, 0.05) is 28.4 Å². The largest absolute Gasteiger partial charge is 0.481 e. The van der Waals surface area contributed by atoms with Crippen molar-refractivity contribution in [1.29, 1.82) is 5.41 Å². The number of nitrogens with zero attached hydrogens (tertiary/aromatic N) is 1. The summed E-state index contributed by atoms with van der Waals surface area (Å²) in [4.78, 5) is 43.1. The smallest absolute Gasteiger partial charge is 0.336 e. The van der Waals surface area contributed by atoms with E-state index in [-0.39, 0.29) is 46.3 Å². The van der Waals surface area contributed by atoms with Gasteiger partial charge in [0.25, 0.3) is 21.9 Å². The average molecular weight is 644 g/mol. The van der Waals surface area contributed by atoms with Gasteiger partial charge >= 0.3 is 5.97 Å². The maximum atomic E-state index is 13.4. The number of carbonyl (C=O) groups excluding carboxylic acids is 2. The summed E-state index contributed by atoms with van der Waals surface area (Å²) in [6, 6.07) is 11.6. The SMILES string of the molecule is COc1ccc(-c2cc(C)c(C(=O)NC(CO)C(C)(C)C)cc2C(=O)O)c(C(=O)Nc2ccc(C(=N)N)cc2)n1.CS(=O)(=O)O. The summed E-state index contributed by atoms with van der Waals surface area (Å²) in [5.74, 6) is -2.44. The number of carboxylic acid groups (broad SMARTS) is 1. The van der Waals surface area contributed by atoms with Crippen LogP contribution in [0.1, 0.15) is 63.1 Å². The number of aliphatic hydroxyl groups excluding tert-OH is 1. The fraction of sp³-hybridized carbons (Fsp3) is 0.300. The van der Waals surface area contributed by atoms with E-state index < -0.39 is 39.4 Å². The molecule has 0 aliphatic heterocycles. The molecule has 3 aromatic rings. The third-order valence-corrected chi connectivity index (χ3v) is 6.41. The van der Waals surface area contributed by atoms with E-state index in [4.69, 9.17) is 20.4 Å². The number of nitrogen functional groups attached to an aromatic ring is 1. The molecule has 14 nitrogen and oxygen atoms in total. The van der Waals surface area contributed by atoms with Crippen molar-refractivity contribution in [3.63, 3.8) is 0 Å². The number of anilines is 1.